The van der Waals surface area contributed by atoms with Crippen molar-refractivity contribution in [1.82, 2.24) is 20.1 Å². The van der Waals surface area contributed by atoms with Gasteiger partial charge in [-0.2, -0.15) is 0 Å². The summed E-state index contributed by atoms with van der Waals surface area (Å²) in [5, 5.41) is 6.01. The van der Waals surface area contributed by atoms with Crippen molar-refractivity contribution < 1.29 is 28.3 Å². The number of amides is 1. The molecule has 1 aromatic carbocycles. The van der Waals surface area contributed by atoms with E-state index in [1.54, 1.807) is 10.3 Å². The van der Waals surface area contributed by atoms with Gasteiger partial charge in [-0.1, -0.05) is 105 Å². The zero-order valence-electron chi connectivity index (χ0n) is 34.5. The normalized spacial score (nSPS) is 17.3. The average molecular weight is 785 g/mol. The van der Waals surface area contributed by atoms with Crippen LogP contribution in [0.2, 0.25) is 18.1 Å². The van der Waals surface area contributed by atoms with E-state index in [9.17, 15) is 9.59 Å². The highest BCUT2D eigenvalue weighted by Gasteiger charge is 2.40. The number of aromatic nitrogens is 1. The molecular weight excluding hydrogens is 717 g/mol. The molecule has 2 aromatic rings. The van der Waals surface area contributed by atoms with Crippen molar-refractivity contribution in [3.8, 4) is 0 Å². The summed E-state index contributed by atoms with van der Waals surface area (Å²) in [7, 11) is -0.0957. The molecule has 10 nitrogen and oxygen atoms in total. The predicted molar refractivity (Wildman–Crippen MR) is 220 cm³/mol. The second-order valence-electron chi connectivity index (χ2n) is 15.3. The number of benzene rings is 1. The molecule has 0 radical (unpaired) electrons. The summed E-state index contributed by atoms with van der Waals surface area (Å²) in [6, 6.07) is 11.6. The molecule has 302 valence electrons. The minimum Gasteiger partial charge on any atom is -0.456 e. The molecule has 1 aliphatic heterocycles. The van der Waals surface area contributed by atoms with Gasteiger partial charge in [-0.05, 0) is 74.8 Å². The number of carbonyl (C=O) groups excluding carboxylic acids is 3. The maximum absolute atomic E-state index is 15.0. The number of piperidine rings is 1. The lowest BCUT2D eigenvalue weighted by Gasteiger charge is -2.41. The minimum atomic E-state index is -2.21. The van der Waals surface area contributed by atoms with Crippen molar-refractivity contribution in [1.29, 1.82) is 0 Å². The van der Waals surface area contributed by atoms with E-state index in [1.165, 1.54) is 11.3 Å². The Kier molecular flexibility index (Phi) is 18.9. The maximum atomic E-state index is 15.0. The summed E-state index contributed by atoms with van der Waals surface area (Å²) in [5.74, 6) is -0.983. The second kappa shape index (κ2) is 22.5. The number of carbonyl (C=O) groups is 3. The average Bonchev–Trinajstić information content (AvgIpc) is 3.68. The van der Waals surface area contributed by atoms with E-state index in [1.807, 2.05) is 37.3 Å². The fraction of sp³-hybridized carbons (Fsp3) is 0.667. The third kappa shape index (κ3) is 12.7. The summed E-state index contributed by atoms with van der Waals surface area (Å²) < 4.78 is 18.7. The standard InChI is InChI=1S/C42H68N4O6SSi/c1-11-21-38(47)51-29-46(41(48)39(31(8)12-2)43-32(9)35-24-19-20-25-45(35)10)36(30(6)7)26-37(52-54(13-3,14-4)15-5)40-44-34(28-53-40)42(49)50-27-33-22-17-16-18-23-33/h16-18,22-23,28,30-31,35-37,39,43H,9,11-15,19-21,24-27,29H2,1-8,10H3/t31-,35+,36+,37+,39-/m0/s1. The first kappa shape index (κ1) is 45.3. The molecule has 1 amide bonds. The first-order valence-corrected chi connectivity index (χ1v) is 23.7. The Labute approximate surface area is 330 Å². The van der Waals surface area contributed by atoms with Gasteiger partial charge in [-0.25, -0.2) is 9.78 Å². The van der Waals surface area contributed by atoms with Crippen LogP contribution in [0.5, 0.6) is 0 Å². The summed E-state index contributed by atoms with van der Waals surface area (Å²) in [6.45, 7) is 22.3. The lowest BCUT2D eigenvalue weighted by Crippen LogP contribution is -2.56. The molecule has 5 atom stereocenters. The van der Waals surface area contributed by atoms with Crippen LogP contribution in [0, 0.1) is 11.8 Å². The number of hydrogen-bond donors (Lipinski definition) is 1. The van der Waals surface area contributed by atoms with Crippen molar-refractivity contribution in [2.45, 2.75) is 149 Å². The van der Waals surface area contributed by atoms with Crippen molar-refractivity contribution in [2.24, 2.45) is 11.8 Å². The minimum absolute atomic E-state index is 0.0133. The quantitative estimate of drug-likeness (QED) is 0.0671. The van der Waals surface area contributed by atoms with Crippen LogP contribution < -0.4 is 5.32 Å². The van der Waals surface area contributed by atoms with E-state index in [4.69, 9.17) is 18.9 Å². The van der Waals surface area contributed by atoms with E-state index in [0.29, 0.717) is 17.8 Å². The third-order valence-electron chi connectivity index (χ3n) is 11.3. The monoisotopic (exact) mass is 784 g/mol. The third-order valence-corrected chi connectivity index (χ3v) is 16.9. The van der Waals surface area contributed by atoms with E-state index in [2.05, 4.69) is 72.3 Å². The number of likely N-dealkylation sites (N-methyl/N-ethyl adjacent to an activating group) is 1. The number of hydrogen-bond acceptors (Lipinski definition) is 10. The first-order valence-electron chi connectivity index (χ1n) is 20.3. The number of esters is 2. The van der Waals surface area contributed by atoms with Gasteiger partial charge >= 0.3 is 11.9 Å². The Balaban J connectivity index is 2.02. The molecule has 1 aliphatic rings. The van der Waals surface area contributed by atoms with Gasteiger partial charge in [0.15, 0.2) is 20.7 Å². The number of likely N-dealkylation sites (tertiary alicyclic amines) is 1. The molecule has 0 bridgehead atoms. The number of nitrogens with one attached hydrogen (secondary N) is 1. The van der Waals surface area contributed by atoms with Crippen LogP contribution in [0.4, 0.5) is 0 Å². The molecule has 1 fully saturated rings. The van der Waals surface area contributed by atoms with Gasteiger partial charge in [0.25, 0.3) is 0 Å². The summed E-state index contributed by atoms with van der Waals surface area (Å²) >= 11 is 1.39. The van der Waals surface area contributed by atoms with Crippen LogP contribution in [0.3, 0.4) is 0 Å². The van der Waals surface area contributed by atoms with Gasteiger partial charge in [-0.15, -0.1) is 11.3 Å². The van der Waals surface area contributed by atoms with Gasteiger partial charge < -0.3 is 24.1 Å². The second-order valence-corrected chi connectivity index (χ2v) is 20.9. The van der Waals surface area contributed by atoms with Crippen molar-refractivity contribution in [3.63, 3.8) is 0 Å². The van der Waals surface area contributed by atoms with Crippen LogP contribution >= 0.6 is 11.3 Å². The largest absolute Gasteiger partial charge is 0.456 e. The molecule has 0 aliphatic carbocycles. The Hall–Kier alpha value is -3.06. The first-order chi connectivity index (χ1) is 25.8. The molecule has 3 rings (SSSR count). The highest BCUT2D eigenvalue weighted by Crippen LogP contribution is 2.37. The lowest BCUT2D eigenvalue weighted by atomic mass is 9.92. The highest BCUT2D eigenvalue weighted by atomic mass is 32.1. The molecule has 1 N–H and O–H groups in total. The summed E-state index contributed by atoms with van der Waals surface area (Å²) in [4.78, 5) is 49.9. The van der Waals surface area contributed by atoms with Gasteiger partial charge in [0, 0.05) is 29.6 Å². The predicted octanol–water partition coefficient (Wildman–Crippen LogP) is 9.11. The molecular formula is C42H68N4O6SSi. The van der Waals surface area contributed by atoms with E-state index in [0.717, 1.165) is 61.6 Å². The van der Waals surface area contributed by atoms with Crippen molar-refractivity contribution in [3.05, 3.63) is 64.3 Å². The SMILES string of the molecule is C=C(N[C@H](C(=O)N(COC(=O)CCC)[C@H](C[C@@H](O[Si](CC)(CC)CC)c1nc(C(=O)OCc2ccccc2)cs1)C(C)C)[C@@H](C)CC)[C@H]1CCCCN1C. The number of thiazole rings is 1. The number of nitrogens with zero attached hydrogens (tertiary/aromatic N) is 3. The van der Waals surface area contributed by atoms with Gasteiger partial charge in [-0.3, -0.25) is 14.5 Å². The van der Waals surface area contributed by atoms with Crippen molar-refractivity contribution in [2.75, 3.05) is 20.3 Å². The van der Waals surface area contributed by atoms with E-state index < -0.39 is 26.4 Å². The molecule has 1 saturated heterocycles. The fourth-order valence-electron chi connectivity index (χ4n) is 7.22. The fourth-order valence-corrected chi connectivity index (χ4v) is 10.9. The van der Waals surface area contributed by atoms with E-state index >= 15 is 4.79 Å². The Morgan fingerprint density at radius 2 is 1.72 bits per heavy atom. The van der Waals surface area contributed by atoms with E-state index in [-0.39, 0.29) is 61.2 Å². The molecule has 2 heterocycles. The smallest absolute Gasteiger partial charge is 0.358 e. The Morgan fingerprint density at radius 1 is 1.04 bits per heavy atom. The van der Waals surface area contributed by atoms with Gasteiger partial charge in [0.1, 0.15) is 17.7 Å². The van der Waals surface area contributed by atoms with Crippen molar-refractivity contribution >= 4 is 37.5 Å². The van der Waals surface area contributed by atoms with Gasteiger partial charge in [0.2, 0.25) is 5.91 Å². The summed E-state index contributed by atoms with van der Waals surface area (Å²) in [5.41, 5.74) is 1.99. The topological polar surface area (TPSA) is 110 Å². The zero-order chi connectivity index (χ0) is 39.8. The molecule has 54 heavy (non-hydrogen) atoms. The number of rotatable bonds is 23. The molecule has 0 saturated carbocycles. The maximum Gasteiger partial charge on any atom is 0.358 e. The molecule has 0 unspecified atom stereocenters. The number of ether oxygens (including phenoxy) is 2. The van der Waals surface area contributed by atoms with Crippen LogP contribution in [0.25, 0.3) is 0 Å². The lowest BCUT2D eigenvalue weighted by molar-refractivity contribution is -0.158. The molecule has 1 aromatic heterocycles. The van der Waals surface area contributed by atoms with Crippen LogP contribution in [0.1, 0.15) is 127 Å². The van der Waals surface area contributed by atoms with Gasteiger partial charge in [0.05, 0.1) is 6.10 Å². The zero-order valence-corrected chi connectivity index (χ0v) is 36.3. The van der Waals surface area contributed by atoms with Crippen LogP contribution in [-0.4, -0.2) is 79.4 Å². The molecule has 12 heteroatoms. The Morgan fingerprint density at radius 3 is 2.31 bits per heavy atom. The highest BCUT2D eigenvalue weighted by molar-refractivity contribution is 7.09. The summed E-state index contributed by atoms with van der Waals surface area (Å²) in [6.07, 6.45) is 4.91. The van der Waals surface area contributed by atoms with Crippen LogP contribution in [0.15, 0.2) is 48.0 Å². The molecule has 0 spiro atoms. The van der Waals surface area contributed by atoms with Crippen LogP contribution in [-0.2, 0) is 30.1 Å². The Bertz CT molecular complexity index is 1460.